The number of hydrogen-bond acceptors (Lipinski definition) is 4. The van der Waals surface area contributed by atoms with Gasteiger partial charge >= 0.3 is 0 Å². The van der Waals surface area contributed by atoms with Crippen molar-refractivity contribution in [2.75, 3.05) is 5.73 Å². The number of nitrogens with zero attached hydrogens (tertiary/aromatic N) is 4. The number of anilines is 1. The van der Waals surface area contributed by atoms with E-state index in [0.717, 1.165) is 13.0 Å². The molecular formula is C14H18FN5. The fraction of sp³-hybridized carbons (Fsp3) is 0.500. The summed E-state index contributed by atoms with van der Waals surface area (Å²) in [5.74, 6) is 0.211. The molecule has 1 fully saturated rings. The molecular weight excluding hydrogens is 257 g/mol. The minimum atomic E-state index is -0.335. The fourth-order valence-electron chi connectivity index (χ4n) is 2.74. The van der Waals surface area contributed by atoms with E-state index in [0.29, 0.717) is 22.5 Å². The van der Waals surface area contributed by atoms with Crippen molar-refractivity contribution in [2.24, 2.45) is 5.41 Å². The number of aromatic nitrogens is 4. The third-order valence-electron chi connectivity index (χ3n) is 4.01. The smallest absolute Gasteiger partial charge is 0.184 e. The minimum absolute atomic E-state index is 0.320. The second-order valence-electron chi connectivity index (χ2n) is 5.64. The largest absolute Gasteiger partial charge is 0.398 e. The summed E-state index contributed by atoms with van der Waals surface area (Å²) in [4.78, 5) is 0. The molecule has 0 atom stereocenters. The van der Waals surface area contributed by atoms with Crippen LogP contribution >= 0.6 is 0 Å². The predicted octanol–water partition coefficient (Wildman–Crippen LogP) is 2.64. The Kier molecular flexibility index (Phi) is 3.16. The first-order valence-corrected chi connectivity index (χ1v) is 6.95. The highest BCUT2D eigenvalue weighted by Gasteiger charge is 2.42. The summed E-state index contributed by atoms with van der Waals surface area (Å²) in [6.07, 6.45) is 4.74. The molecule has 0 spiro atoms. The Morgan fingerprint density at radius 3 is 2.90 bits per heavy atom. The molecule has 1 heterocycles. The highest BCUT2D eigenvalue weighted by molar-refractivity contribution is 5.71. The van der Waals surface area contributed by atoms with E-state index in [1.165, 1.54) is 31.4 Å². The monoisotopic (exact) mass is 275 g/mol. The summed E-state index contributed by atoms with van der Waals surface area (Å²) in [6.45, 7) is 2.96. The SMILES string of the molecule is CCCC1(Cn2nnnc2-c2cc(F)ccc2N)CC1. The molecule has 1 aliphatic carbocycles. The Labute approximate surface area is 117 Å². The number of tetrazole rings is 1. The van der Waals surface area contributed by atoms with Gasteiger partial charge in [-0.1, -0.05) is 13.3 Å². The van der Waals surface area contributed by atoms with Gasteiger partial charge in [-0.05, 0) is 53.3 Å². The van der Waals surface area contributed by atoms with Crippen molar-refractivity contribution in [2.45, 2.75) is 39.2 Å². The van der Waals surface area contributed by atoms with Crippen molar-refractivity contribution in [3.8, 4) is 11.4 Å². The molecule has 0 amide bonds. The molecule has 0 unspecified atom stereocenters. The van der Waals surface area contributed by atoms with Crippen molar-refractivity contribution >= 4 is 5.69 Å². The maximum absolute atomic E-state index is 13.4. The van der Waals surface area contributed by atoms with E-state index in [4.69, 9.17) is 5.73 Å². The zero-order chi connectivity index (χ0) is 14.2. The number of nitrogens with two attached hydrogens (primary N) is 1. The zero-order valence-electron chi connectivity index (χ0n) is 11.5. The van der Waals surface area contributed by atoms with Crippen LogP contribution in [0.3, 0.4) is 0 Å². The average Bonchev–Trinajstić information content (AvgIpc) is 3.01. The molecule has 3 rings (SSSR count). The second kappa shape index (κ2) is 4.85. The molecule has 106 valence electrons. The second-order valence-corrected chi connectivity index (χ2v) is 5.64. The Hall–Kier alpha value is -1.98. The maximum Gasteiger partial charge on any atom is 0.184 e. The summed E-state index contributed by atoms with van der Waals surface area (Å²) in [6, 6.07) is 4.27. The molecule has 1 aliphatic rings. The third-order valence-corrected chi connectivity index (χ3v) is 4.01. The van der Waals surface area contributed by atoms with Gasteiger partial charge in [-0.3, -0.25) is 0 Å². The molecule has 1 aromatic heterocycles. The third kappa shape index (κ3) is 2.37. The molecule has 1 aromatic carbocycles. The van der Waals surface area contributed by atoms with Crippen LogP contribution in [0, 0.1) is 11.2 Å². The highest BCUT2D eigenvalue weighted by atomic mass is 19.1. The van der Waals surface area contributed by atoms with Crippen LogP contribution in [0.1, 0.15) is 32.6 Å². The highest BCUT2D eigenvalue weighted by Crippen LogP contribution is 2.51. The van der Waals surface area contributed by atoms with Crippen LogP contribution in [-0.4, -0.2) is 20.2 Å². The Bertz CT molecular complexity index is 618. The van der Waals surface area contributed by atoms with E-state index >= 15 is 0 Å². The minimum Gasteiger partial charge on any atom is -0.398 e. The normalized spacial score (nSPS) is 16.3. The lowest BCUT2D eigenvalue weighted by Crippen LogP contribution is -2.14. The topological polar surface area (TPSA) is 69.6 Å². The molecule has 0 radical (unpaired) electrons. The molecule has 2 aromatic rings. The van der Waals surface area contributed by atoms with Gasteiger partial charge in [-0.15, -0.1) is 5.10 Å². The van der Waals surface area contributed by atoms with Gasteiger partial charge < -0.3 is 5.73 Å². The van der Waals surface area contributed by atoms with Crippen LogP contribution in [0.4, 0.5) is 10.1 Å². The molecule has 20 heavy (non-hydrogen) atoms. The quantitative estimate of drug-likeness (QED) is 0.852. The van der Waals surface area contributed by atoms with Crippen LogP contribution in [0.2, 0.25) is 0 Å². The van der Waals surface area contributed by atoms with Crippen LogP contribution in [0.5, 0.6) is 0 Å². The number of hydrogen-bond donors (Lipinski definition) is 1. The van der Waals surface area contributed by atoms with Gasteiger partial charge in [0.15, 0.2) is 5.82 Å². The standard InChI is InChI=1S/C14H18FN5/c1-2-5-14(6-7-14)9-20-13(17-18-19-20)11-8-10(15)3-4-12(11)16/h3-4,8H,2,5-7,9,16H2,1H3. The van der Waals surface area contributed by atoms with Gasteiger partial charge in [0.05, 0.1) is 6.54 Å². The van der Waals surface area contributed by atoms with Gasteiger partial charge in [0, 0.05) is 11.3 Å². The van der Waals surface area contributed by atoms with Crippen LogP contribution in [-0.2, 0) is 6.54 Å². The van der Waals surface area contributed by atoms with E-state index in [-0.39, 0.29) is 5.82 Å². The van der Waals surface area contributed by atoms with Crippen LogP contribution in [0.15, 0.2) is 18.2 Å². The first kappa shape index (κ1) is 13.0. The zero-order valence-corrected chi connectivity index (χ0v) is 11.5. The summed E-state index contributed by atoms with van der Waals surface area (Å²) in [5.41, 5.74) is 7.28. The maximum atomic E-state index is 13.4. The number of benzene rings is 1. The molecule has 6 heteroatoms. The lowest BCUT2D eigenvalue weighted by atomic mass is 10.0. The van der Waals surface area contributed by atoms with Crippen molar-refractivity contribution in [1.29, 1.82) is 0 Å². The molecule has 2 N–H and O–H groups in total. The number of rotatable bonds is 5. The Morgan fingerprint density at radius 2 is 2.20 bits per heavy atom. The van der Waals surface area contributed by atoms with Crippen molar-refractivity contribution < 1.29 is 4.39 Å². The van der Waals surface area contributed by atoms with E-state index in [1.54, 1.807) is 10.7 Å². The van der Waals surface area contributed by atoms with E-state index < -0.39 is 0 Å². The summed E-state index contributed by atoms with van der Waals surface area (Å²) in [5, 5.41) is 11.8. The number of halogens is 1. The first-order chi connectivity index (χ1) is 9.63. The fourth-order valence-corrected chi connectivity index (χ4v) is 2.74. The van der Waals surface area contributed by atoms with E-state index in [2.05, 4.69) is 22.4 Å². The summed E-state index contributed by atoms with van der Waals surface area (Å²) >= 11 is 0. The van der Waals surface area contributed by atoms with E-state index in [9.17, 15) is 4.39 Å². The van der Waals surface area contributed by atoms with E-state index in [1.807, 2.05) is 0 Å². The molecule has 0 saturated heterocycles. The van der Waals surface area contributed by atoms with Crippen molar-refractivity contribution in [3.63, 3.8) is 0 Å². The van der Waals surface area contributed by atoms with Crippen LogP contribution in [0.25, 0.3) is 11.4 Å². The lowest BCUT2D eigenvalue weighted by Gasteiger charge is -2.15. The molecule has 1 saturated carbocycles. The summed E-state index contributed by atoms with van der Waals surface area (Å²) < 4.78 is 15.2. The lowest BCUT2D eigenvalue weighted by molar-refractivity contribution is 0.365. The van der Waals surface area contributed by atoms with Gasteiger partial charge in [0.25, 0.3) is 0 Å². The van der Waals surface area contributed by atoms with Crippen molar-refractivity contribution in [1.82, 2.24) is 20.2 Å². The molecule has 0 bridgehead atoms. The Balaban J connectivity index is 1.92. The molecule has 0 aliphatic heterocycles. The van der Waals surface area contributed by atoms with Gasteiger partial charge in [0.1, 0.15) is 5.82 Å². The molecule has 5 nitrogen and oxygen atoms in total. The average molecular weight is 275 g/mol. The van der Waals surface area contributed by atoms with Crippen LogP contribution < -0.4 is 5.73 Å². The van der Waals surface area contributed by atoms with Crippen molar-refractivity contribution in [3.05, 3.63) is 24.0 Å². The Morgan fingerprint density at radius 1 is 1.40 bits per heavy atom. The number of nitrogen functional groups attached to an aromatic ring is 1. The predicted molar refractivity (Wildman–Crippen MR) is 74.2 cm³/mol. The van der Waals surface area contributed by atoms with Gasteiger partial charge in [-0.2, -0.15) is 0 Å². The summed E-state index contributed by atoms with van der Waals surface area (Å²) in [7, 11) is 0. The van der Waals surface area contributed by atoms with Gasteiger partial charge in [-0.25, -0.2) is 9.07 Å². The first-order valence-electron chi connectivity index (χ1n) is 6.95. The van der Waals surface area contributed by atoms with Gasteiger partial charge in [0.2, 0.25) is 0 Å².